The minimum atomic E-state index is 0.872. The van der Waals surface area contributed by atoms with E-state index in [2.05, 4.69) is 32.3 Å². The molecule has 0 saturated heterocycles. The van der Waals surface area contributed by atoms with Gasteiger partial charge in [-0.3, -0.25) is 0 Å². The molecule has 2 nitrogen and oxygen atoms in total. The highest BCUT2D eigenvalue weighted by molar-refractivity contribution is 9.09. The van der Waals surface area contributed by atoms with Crippen LogP contribution < -0.4 is 5.32 Å². The van der Waals surface area contributed by atoms with Crippen LogP contribution in [0.4, 0.5) is 0 Å². The van der Waals surface area contributed by atoms with Crippen molar-refractivity contribution in [3.63, 3.8) is 0 Å². The van der Waals surface area contributed by atoms with E-state index in [-0.39, 0.29) is 0 Å². The van der Waals surface area contributed by atoms with Gasteiger partial charge in [0.25, 0.3) is 0 Å². The molecule has 0 atom stereocenters. The van der Waals surface area contributed by atoms with E-state index in [1.807, 2.05) is 12.4 Å². The maximum absolute atomic E-state index is 3.29. The lowest BCUT2D eigenvalue weighted by Gasteiger charge is -1.96. The highest BCUT2D eigenvalue weighted by Crippen LogP contribution is 1.95. The van der Waals surface area contributed by atoms with Gasteiger partial charge in [0.1, 0.15) is 0 Å². The molecule has 0 amide bonds. The summed E-state index contributed by atoms with van der Waals surface area (Å²) in [6, 6.07) is 2.09. The number of aromatic amines is 1. The van der Waals surface area contributed by atoms with Crippen molar-refractivity contribution in [2.24, 2.45) is 0 Å². The highest BCUT2D eigenvalue weighted by Gasteiger charge is 1.89. The fraction of sp³-hybridized carbons (Fsp3) is 0.429. The molecule has 1 heterocycles. The molecule has 0 saturated carbocycles. The van der Waals surface area contributed by atoms with Gasteiger partial charge >= 0.3 is 0 Å². The number of alkyl halides is 1. The molecule has 56 valence electrons. The van der Waals surface area contributed by atoms with E-state index in [1.54, 1.807) is 0 Å². The van der Waals surface area contributed by atoms with E-state index in [1.165, 1.54) is 5.56 Å². The zero-order chi connectivity index (χ0) is 7.23. The van der Waals surface area contributed by atoms with Gasteiger partial charge in [-0.15, -0.1) is 0 Å². The lowest BCUT2D eigenvalue weighted by molar-refractivity contribution is 0.779. The van der Waals surface area contributed by atoms with Crippen LogP contribution in [0.1, 0.15) is 5.56 Å². The summed E-state index contributed by atoms with van der Waals surface area (Å²) < 4.78 is 0. The molecule has 2 N–H and O–H groups in total. The number of aromatic nitrogens is 1. The monoisotopic (exact) mass is 202 g/mol. The van der Waals surface area contributed by atoms with Gasteiger partial charge in [0.15, 0.2) is 0 Å². The fourth-order valence-electron chi connectivity index (χ4n) is 0.813. The van der Waals surface area contributed by atoms with E-state index in [0.717, 1.165) is 18.4 Å². The molecule has 1 aromatic rings. The summed E-state index contributed by atoms with van der Waals surface area (Å²) in [6.07, 6.45) is 5.06. The predicted octanol–water partition coefficient (Wildman–Crippen LogP) is 1.50. The molecular formula is C7H11BrN2. The first kappa shape index (κ1) is 7.82. The van der Waals surface area contributed by atoms with Crippen molar-refractivity contribution in [3.8, 4) is 0 Å². The number of rotatable bonds is 4. The van der Waals surface area contributed by atoms with E-state index in [0.29, 0.717) is 0 Å². The second-order valence-electron chi connectivity index (χ2n) is 2.10. The Kier molecular flexibility index (Phi) is 3.54. The van der Waals surface area contributed by atoms with Crippen LogP contribution >= 0.6 is 15.9 Å². The Morgan fingerprint density at radius 3 is 3.10 bits per heavy atom. The standard InChI is InChI=1S/C7H11BrN2/c8-6-10-4-2-7-1-3-9-5-7/h1,3,5,9-10H,2,4,6H2. The van der Waals surface area contributed by atoms with E-state index >= 15 is 0 Å². The molecule has 0 bridgehead atoms. The summed E-state index contributed by atoms with van der Waals surface area (Å²) in [6.45, 7) is 1.03. The smallest absolute Gasteiger partial charge is 0.0517 e. The van der Waals surface area contributed by atoms with Gasteiger partial charge in [-0.2, -0.15) is 0 Å². The molecule has 0 aliphatic heterocycles. The minimum absolute atomic E-state index is 0.872. The zero-order valence-corrected chi connectivity index (χ0v) is 7.32. The van der Waals surface area contributed by atoms with Gasteiger partial charge in [0, 0.05) is 18.9 Å². The van der Waals surface area contributed by atoms with E-state index in [4.69, 9.17) is 0 Å². The van der Waals surface area contributed by atoms with Crippen LogP contribution in [0.15, 0.2) is 18.5 Å². The summed E-state index contributed by atoms with van der Waals surface area (Å²) in [5.74, 6) is 0. The average molecular weight is 203 g/mol. The zero-order valence-electron chi connectivity index (χ0n) is 5.73. The van der Waals surface area contributed by atoms with E-state index in [9.17, 15) is 0 Å². The first-order valence-electron chi connectivity index (χ1n) is 3.32. The molecule has 0 aromatic carbocycles. The van der Waals surface area contributed by atoms with Gasteiger partial charge in [-0.1, -0.05) is 15.9 Å². The third kappa shape index (κ3) is 2.54. The molecule has 1 aromatic heterocycles. The SMILES string of the molecule is BrCNCCc1cc[nH]c1. The summed E-state index contributed by atoms with van der Waals surface area (Å²) in [7, 11) is 0. The molecule has 0 aliphatic rings. The maximum atomic E-state index is 3.29. The highest BCUT2D eigenvalue weighted by atomic mass is 79.9. The number of hydrogen-bond donors (Lipinski definition) is 2. The van der Waals surface area contributed by atoms with Crippen LogP contribution in [0.25, 0.3) is 0 Å². The molecule has 0 fully saturated rings. The third-order valence-electron chi connectivity index (χ3n) is 1.35. The molecule has 0 radical (unpaired) electrons. The summed E-state index contributed by atoms with van der Waals surface area (Å²) in [5.41, 5.74) is 2.23. The van der Waals surface area contributed by atoms with Crippen LogP contribution in [-0.2, 0) is 6.42 Å². The number of hydrogen-bond acceptors (Lipinski definition) is 1. The van der Waals surface area contributed by atoms with Crippen molar-refractivity contribution in [2.75, 3.05) is 12.0 Å². The van der Waals surface area contributed by atoms with Gasteiger partial charge in [0.2, 0.25) is 0 Å². The van der Waals surface area contributed by atoms with E-state index < -0.39 is 0 Å². The Balaban J connectivity index is 2.15. The summed E-state index contributed by atoms with van der Waals surface area (Å²) in [4.78, 5) is 3.02. The van der Waals surface area contributed by atoms with Gasteiger partial charge in [0.05, 0.1) is 5.45 Å². The summed E-state index contributed by atoms with van der Waals surface area (Å²) >= 11 is 3.29. The Hall–Kier alpha value is -0.280. The fourth-order valence-corrected chi connectivity index (χ4v) is 1.09. The number of halogens is 1. The minimum Gasteiger partial charge on any atom is -0.367 e. The Labute approximate surface area is 69.2 Å². The number of nitrogens with one attached hydrogen (secondary N) is 2. The Morgan fingerprint density at radius 2 is 2.50 bits per heavy atom. The van der Waals surface area contributed by atoms with Crippen LogP contribution in [0.2, 0.25) is 0 Å². The van der Waals surface area contributed by atoms with Crippen LogP contribution in [0.3, 0.4) is 0 Å². The van der Waals surface area contributed by atoms with Crippen molar-refractivity contribution >= 4 is 15.9 Å². The first-order chi connectivity index (χ1) is 4.93. The molecular weight excluding hydrogens is 192 g/mol. The van der Waals surface area contributed by atoms with Crippen LogP contribution in [0, 0.1) is 0 Å². The van der Waals surface area contributed by atoms with Crippen LogP contribution in [-0.4, -0.2) is 17.0 Å². The molecule has 1 rings (SSSR count). The van der Waals surface area contributed by atoms with Gasteiger partial charge in [-0.05, 0) is 18.1 Å². The summed E-state index contributed by atoms with van der Waals surface area (Å²) in [5, 5.41) is 3.19. The predicted molar refractivity (Wildman–Crippen MR) is 46.3 cm³/mol. The maximum Gasteiger partial charge on any atom is 0.0517 e. The lowest BCUT2D eigenvalue weighted by Crippen LogP contribution is -2.13. The van der Waals surface area contributed by atoms with Crippen LogP contribution in [0.5, 0.6) is 0 Å². The molecule has 10 heavy (non-hydrogen) atoms. The topological polar surface area (TPSA) is 27.8 Å². The first-order valence-corrected chi connectivity index (χ1v) is 4.44. The average Bonchev–Trinajstić information content (AvgIpc) is 2.41. The van der Waals surface area contributed by atoms with Crippen molar-refractivity contribution in [3.05, 3.63) is 24.0 Å². The lowest BCUT2D eigenvalue weighted by atomic mass is 10.2. The molecule has 3 heteroatoms. The molecule has 0 aliphatic carbocycles. The normalized spacial score (nSPS) is 10.1. The van der Waals surface area contributed by atoms with Crippen molar-refractivity contribution in [1.82, 2.24) is 10.3 Å². The largest absolute Gasteiger partial charge is 0.367 e. The van der Waals surface area contributed by atoms with Crippen molar-refractivity contribution in [2.45, 2.75) is 6.42 Å². The molecule has 0 unspecified atom stereocenters. The van der Waals surface area contributed by atoms with Crippen molar-refractivity contribution < 1.29 is 0 Å². The third-order valence-corrected chi connectivity index (χ3v) is 1.74. The Bertz CT molecular complexity index is 160. The Morgan fingerprint density at radius 1 is 1.60 bits per heavy atom. The van der Waals surface area contributed by atoms with Crippen molar-refractivity contribution in [1.29, 1.82) is 0 Å². The van der Waals surface area contributed by atoms with Gasteiger partial charge in [-0.25, -0.2) is 0 Å². The van der Waals surface area contributed by atoms with Gasteiger partial charge < -0.3 is 10.3 Å². The second kappa shape index (κ2) is 4.52. The number of H-pyrrole nitrogens is 1. The quantitative estimate of drug-likeness (QED) is 0.433. The molecule has 0 spiro atoms. The second-order valence-corrected chi connectivity index (χ2v) is 2.66.